The Bertz CT molecular complexity index is 1330. The van der Waals surface area contributed by atoms with Crippen molar-refractivity contribution in [1.29, 1.82) is 0 Å². The molecule has 33 heavy (non-hydrogen) atoms. The number of carbonyl (C=O) groups excluding carboxylic acids is 1. The van der Waals surface area contributed by atoms with Crippen molar-refractivity contribution in [2.75, 3.05) is 0 Å². The van der Waals surface area contributed by atoms with Gasteiger partial charge in [0, 0.05) is 17.2 Å². The summed E-state index contributed by atoms with van der Waals surface area (Å²) in [7, 11) is 0. The number of nitrogens with zero attached hydrogens (tertiary/aromatic N) is 2. The molecule has 12 heteroatoms. The molecule has 0 radical (unpaired) electrons. The van der Waals surface area contributed by atoms with Gasteiger partial charge >= 0.3 is 6.18 Å². The zero-order valence-electron chi connectivity index (χ0n) is 16.2. The van der Waals surface area contributed by atoms with Gasteiger partial charge in [-0.3, -0.25) is 14.9 Å². The van der Waals surface area contributed by atoms with Crippen LogP contribution in [0.3, 0.4) is 0 Å². The van der Waals surface area contributed by atoms with E-state index in [0.717, 1.165) is 23.9 Å². The molecule has 1 aromatic heterocycles. The first-order valence-electron chi connectivity index (χ1n) is 9.12. The number of thioether (sulfide) groups is 1. The molecular formula is C21H11ClF3N3O4S. The number of hydrogen-bond acceptors (Lipinski definition) is 6. The Kier molecular flexibility index (Phi) is 6.00. The second-order valence-electron chi connectivity index (χ2n) is 6.62. The molecule has 0 unspecified atom stereocenters. The summed E-state index contributed by atoms with van der Waals surface area (Å²) in [6.07, 6.45) is -3.31. The number of nitro benzene ring substituents is 1. The minimum absolute atomic E-state index is 0.0513. The van der Waals surface area contributed by atoms with Crippen LogP contribution in [-0.2, 0) is 11.0 Å². The molecule has 2 aromatic carbocycles. The van der Waals surface area contributed by atoms with Crippen LogP contribution < -0.4 is 5.32 Å². The smallest absolute Gasteiger partial charge is 0.418 e. The maximum Gasteiger partial charge on any atom is 0.418 e. The minimum atomic E-state index is -4.68. The molecule has 168 valence electrons. The quantitative estimate of drug-likeness (QED) is 0.257. The Morgan fingerprint density at radius 3 is 2.64 bits per heavy atom. The maximum atomic E-state index is 13.3. The van der Waals surface area contributed by atoms with Crippen LogP contribution in [0.5, 0.6) is 0 Å². The van der Waals surface area contributed by atoms with Gasteiger partial charge < -0.3 is 9.73 Å². The number of hydrogen-bond donors (Lipinski definition) is 1. The Morgan fingerprint density at radius 1 is 1.15 bits per heavy atom. The van der Waals surface area contributed by atoms with Gasteiger partial charge in [0.25, 0.3) is 11.6 Å². The number of amides is 1. The van der Waals surface area contributed by atoms with Crippen molar-refractivity contribution in [3.05, 3.63) is 86.0 Å². The van der Waals surface area contributed by atoms with Crippen LogP contribution in [0, 0.1) is 10.1 Å². The van der Waals surface area contributed by atoms with Crippen LogP contribution in [-0.4, -0.2) is 16.0 Å². The van der Waals surface area contributed by atoms with Crippen molar-refractivity contribution >= 4 is 51.9 Å². The maximum absolute atomic E-state index is 13.3. The van der Waals surface area contributed by atoms with Crippen molar-refractivity contribution < 1.29 is 27.3 Å². The van der Waals surface area contributed by atoms with E-state index in [2.05, 4.69) is 10.3 Å². The predicted molar refractivity (Wildman–Crippen MR) is 118 cm³/mol. The van der Waals surface area contributed by atoms with E-state index in [1.165, 1.54) is 42.5 Å². The summed E-state index contributed by atoms with van der Waals surface area (Å²) in [4.78, 5) is 27.0. The molecule has 0 aliphatic carbocycles. The Balaban J connectivity index is 1.61. The van der Waals surface area contributed by atoms with Gasteiger partial charge in [-0.2, -0.15) is 13.2 Å². The van der Waals surface area contributed by atoms with E-state index >= 15 is 0 Å². The molecule has 2 heterocycles. The van der Waals surface area contributed by atoms with Crippen LogP contribution in [0.2, 0.25) is 5.02 Å². The second kappa shape index (κ2) is 8.75. The molecule has 1 fully saturated rings. The molecule has 0 bridgehead atoms. The van der Waals surface area contributed by atoms with Gasteiger partial charge in [-0.15, -0.1) is 0 Å². The van der Waals surface area contributed by atoms with Crippen molar-refractivity contribution in [2.45, 2.75) is 6.18 Å². The molecule has 1 N–H and O–H groups in total. The molecule has 0 spiro atoms. The van der Waals surface area contributed by atoms with Gasteiger partial charge in [-0.05, 0) is 48.2 Å². The third-order valence-corrected chi connectivity index (χ3v) is 5.55. The van der Waals surface area contributed by atoms with Crippen LogP contribution in [0.1, 0.15) is 11.3 Å². The molecule has 0 saturated carbocycles. The molecule has 0 atom stereocenters. The Morgan fingerprint density at radius 2 is 1.91 bits per heavy atom. The monoisotopic (exact) mass is 493 g/mol. The second-order valence-corrected chi connectivity index (χ2v) is 8.08. The number of carbonyl (C=O) groups is 1. The fraction of sp³-hybridized carbons (Fsp3) is 0.0476. The van der Waals surface area contributed by atoms with E-state index in [9.17, 15) is 28.1 Å². The average Bonchev–Trinajstić information content (AvgIpc) is 3.35. The van der Waals surface area contributed by atoms with Crippen molar-refractivity contribution in [1.82, 2.24) is 5.32 Å². The van der Waals surface area contributed by atoms with Gasteiger partial charge in [-0.25, -0.2) is 4.99 Å². The van der Waals surface area contributed by atoms with E-state index in [0.29, 0.717) is 0 Å². The molecular weight excluding hydrogens is 483 g/mol. The molecule has 4 rings (SSSR count). The van der Waals surface area contributed by atoms with Crippen molar-refractivity contribution in [3.63, 3.8) is 0 Å². The average molecular weight is 494 g/mol. The van der Waals surface area contributed by atoms with Crippen LogP contribution >= 0.6 is 23.4 Å². The number of para-hydroxylation sites is 1. The largest absolute Gasteiger partial charge is 0.456 e. The van der Waals surface area contributed by atoms with Gasteiger partial charge in [-0.1, -0.05) is 23.7 Å². The van der Waals surface area contributed by atoms with E-state index in [-0.39, 0.29) is 37.9 Å². The van der Waals surface area contributed by atoms with Gasteiger partial charge in [0.2, 0.25) is 0 Å². The topological polar surface area (TPSA) is 97.7 Å². The van der Waals surface area contributed by atoms with E-state index in [1.54, 1.807) is 6.07 Å². The van der Waals surface area contributed by atoms with Crippen LogP contribution in [0.4, 0.5) is 24.5 Å². The number of furan rings is 1. The lowest BCUT2D eigenvalue weighted by Gasteiger charge is -2.10. The fourth-order valence-corrected chi connectivity index (χ4v) is 3.96. The van der Waals surface area contributed by atoms with Gasteiger partial charge in [0.05, 0.1) is 26.6 Å². The summed E-state index contributed by atoms with van der Waals surface area (Å²) in [6, 6.07) is 12.2. The van der Waals surface area contributed by atoms with E-state index < -0.39 is 28.3 Å². The molecule has 1 saturated heterocycles. The molecule has 1 amide bonds. The highest BCUT2D eigenvalue weighted by Gasteiger charge is 2.34. The number of amidine groups is 1. The highest BCUT2D eigenvalue weighted by molar-refractivity contribution is 8.18. The Hall–Kier alpha value is -3.57. The molecule has 7 nitrogen and oxygen atoms in total. The first-order chi connectivity index (χ1) is 15.6. The van der Waals surface area contributed by atoms with E-state index in [4.69, 9.17) is 16.0 Å². The van der Waals surface area contributed by atoms with Crippen LogP contribution in [0.15, 0.2) is 68.9 Å². The zero-order valence-corrected chi connectivity index (χ0v) is 17.8. The minimum Gasteiger partial charge on any atom is -0.456 e. The number of aliphatic imine (C=N–C) groups is 1. The molecule has 1 aliphatic heterocycles. The normalized spacial score (nSPS) is 16.4. The number of rotatable bonds is 4. The SMILES string of the molecule is O=C1NC(=Nc2ccc(Cl)cc2C(F)(F)F)SC1=Cc1ccc(-c2ccccc2[N+](=O)[O-])o1. The molecule has 3 aromatic rings. The third-order valence-electron chi connectivity index (χ3n) is 4.40. The number of benzene rings is 2. The summed E-state index contributed by atoms with van der Waals surface area (Å²) in [6.45, 7) is 0. The van der Waals surface area contributed by atoms with Gasteiger partial charge in [0.15, 0.2) is 5.17 Å². The van der Waals surface area contributed by atoms with Crippen LogP contribution in [0.25, 0.3) is 17.4 Å². The first kappa shape index (κ1) is 22.6. The zero-order chi connectivity index (χ0) is 23.8. The number of alkyl halides is 3. The summed E-state index contributed by atoms with van der Waals surface area (Å²) in [5.41, 5.74) is -1.31. The third kappa shape index (κ3) is 4.94. The number of halogens is 4. The summed E-state index contributed by atoms with van der Waals surface area (Å²) in [5.74, 6) is -0.128. The summed E-state index contributed by atoms with van der Waals surface area (Å²) in [5, 5.41) is 13.5. The summed E-state index contributed by atoms with van der Waals surface area (Å²) >= 11 is 6.50. The summed E-state index contributed by atoms with van der Waals surface area (Å²) < 4.78 is 45.5. The highest BCUT2D eigenvalue weighted by Crippen LogP contribution is 2.39. The van der Waals surface area contributed by atoms with Crippen molar-refractivity contribution in [2.24, 2.45) is 4.99 Å². The highest BCUT2D eigenvalue weighted by atomic mass is 35.5. The number of nitrogens with one attached hydrogen (secondary N) is 1. The lowest BCUT2D eigenvalue weighted by Crippen LogP contribution is -2.19. The number of nitro groups is 1. The fourth-order valence-electron chi connectivity index (χ4n) is 2.97. The van der Waals surface area contributed by atoms with E-state index in [1.807, 2.05) is 0 Å². The van der Waals surface area contributed by atoms with Crippen molar-refractivity contribution in [3.8, 4) is 11.3 Å². The lowest BCUT2D eigenvalue weighted by molar-refractivity contribution is -0.384. The first-order valence-corrected chi connectivity index (χ1v) is 10.3. The van der Waals surface area contributed by atoms with Gasteiger partial charge in [0.1, 0.15) is 11.5 Å². The Labute approximate surface area is 193 Å². The lowest BCUT2D eigenvalue weighted by atomic mass is 10.1. The predicted octanol–water partition coefficient (Wildman–Crippen LogP) is 6.42. The molecule has 1 aliphatic rings. The standard InChI is InChI=1S/C21H11ClF3N3O4S/c22-11-5-7-15(14(9-11)21(23,24)25)26-20-27-19(29)18(33-20)10-12-6-8-17(32-12)13-3-1-2-4-16(13)28(30)31/h1-10H,(H,26,27,29).